The normalized spacial score (nSPS) is 14.3. The molecule has 18 heavy (non-hydrogen) atoms. The molecule has 0 aliphatic heterocycles. The Kier molecular flexibility index (Phi) is 10.1. The Morgan fingerprint density at radius 3 is 2.00 bits per heavy atom. The largest absolute Gasteiger partial charge is 0.423 e. The summed E-state index contributed by atoms with van der Waals surface area (Å²) in [4.78, 5) is 2.68. The Balaban J connectivity index is 4.13. The zero-order valence-corrected chi connectivity index (χ0v) is 15.6. The van der Waals surface area contributed by atoms with E-state index in [0.717, 1.165) is 10.5 Å². The molecule has 0 saturated heterocycles. The molecule has 0 fully saturated rings. The highest BCUT2D eigenvalue weighted by atomic mass is 28.2. The van der Waals surface area contributed by atoms with Crippen LogP contribution >= 0.6 is 0 Å². The molecule has 0 aliphatic rings. The number of unbranched alkanes of at least 4 members (excludes halogenated alkanes) is 2. The SMILES string of the molecule is CCCCN(CCCC)C(C)CCC(C)(C)O[SiH3]. The second kappa shape index (κ2) is 9.99. The number of hydrogen-bond acceptors (Lipinski definition) is 2. The molecule has 110 valence electrons. The van der Waals surface area contributed by atoms with Crippen molar-refractivity contribution in [3.8, 4) is 0 Å². The van der Waals surface area contributed by atoms with Gasteiger partial charge in [0.2, 0.25) is 0 Å². The monoisotopic (exact) mass is 273 g/mol. The summed E-state index contributed by atoms with van der Waals surface area (Å²) < 4.78 is 5.65. The van der Waals surface area contributed by atoms with Crippen LogP contribution in [0.4, 0.5) is 0 Å². The Hall–Kier alpha value is 0.137. The van der Waals surface area contributed by atoms with E-state index in [1.807, 2.05) is 0 Å². The van der Waals surface area contributed by atoms with Gasteiger partial charge in [-0.05, 0) is 59.5 Å². The number of hydrogen-bond donors (Lipinski definition) is 0. The smallest absolute Gasteiger partial charge is 0.146 e. The molecule has 3 heteroatoms. The van der Waals surface area contributed by atoms with Crippen molar-refractivity contribution in [3.63, 3.8) is 0 Å². The van der Waals surface area contributed by atoms with Crippen LogP contribution < -0.4 is 0 Å². The lowest BCUT2D eigenvalue weighted by Gasteiger charge is -2.32. The zero-order chi connectivity index (χ0) is 14.0. The maximum absolute atomic E-state index is 5.65. The molecular weight excluding hydrogens is 238 g/mol. The highest BCUT2D eigenvalue weighted by Crippen LogP contribution is 2.19. The Morgan fingerprint density at radius 1 is 1.11 bits per heavy atom. The predicted molar refractivity (Wildman–Crippen MR) is 85.2 cm³/mol. The molecule has 0 saturated carbocycles. The van der Waals surface area contributed by atoms with Gasteiger partial charge >= 0.3 is 0 Å². The van der Waals surface area contributed by atoms with E-state index in [9.17, 15) is 0 Å². The lowest BCUT2D eigenvalue weighted by Crippen LogP contribution is -2.36. The van der Waals surface area contributed by atoms with E-state index in [2.05, 4.69) is 39.5 Å². The first-order valence-corrected chi connectivity index (χ1v) is 8.57. The first kappa shape index (κ1) is 18.1. The lowest BCUT2D eigenvalue weighted by atomic mass is 9.99. The Labute approximate surface area is 118 Å². The molecule has 1 unspecified atom stereocenters. The van der Waals surface area contributed by atoms with E-state index >= 15 is 0 Å². The molecule has 1 atom stereocenters. The Bertz CT molecular complexity index is 189. The van der Waals surface area contributed by atoms with Gasteiger partial charge in [0.1, 0.15) is 10.5 Å². The predicted octanol–water partition coefficient (Wildman–Crippen LogP) is 3.13. The van der Waals surface area contributed by atoms with Crippen LogP contribution in [-0.2, 0) is 4.43 Å². The van der Waals surface area contributed by atoms with E-state index in [-0.39, 0.29) is 5.60 Å². The minimum absolute atomic E-state index is 0.0850. The van der Waals surface area contributed by atoms with Gasteiger partial charge < -0.3 is 9.33 Å². The fourth-order valence-electron chi connectivity index (χ4n) is 2.12. The van der Waals surface area contributed by atoms with Crippen molar-refractivity contribution >= 4 is 10.5 Å². The fourth-order valence-corrected chi connectivity index (χ4v) is 2.32. The highest BCUT2D eigenvalue weighted by Gasteiger charge is 2.19. The third-order valence-electron chi connectivity index (χ3n) is 3.94. The highest BCUT2D eigenvalue weighted by molar-refractivity contribution is 5.98. The van der Waals surface area contributed by atoms with Crippen molar-refractivity contribution in [1.82, 2.24) is 4.90 Å². The fraction of sp³-hybridized carbons (Fsp3) is 1.00. The average Bonchev–Trinajstić information content (AvgIpc) is 2.36. The maximum Gasteiger partial charge on any atom is 0.146 e. The van der Waals surface area contributed by atoms with Crippen molar-refractivity contribution in [2.75, 3.05) is 13.1 Å². The molecule has 0 aromatic heterocycles. The number of nitrogens with zero attached hydrogens (tertiary/aromatic N) is 1. The van der Waals surface area contributed by atoms with Gasteiger partial charge in [0.25, 0.3) is 0 Å². The molecule has 0 amide bonds. The van der Waals surface area contributed by atoms with E-state index in [1.54, 1.807) is 0 Å². The van der Waals surface area contributed by atoms with Crippen LogP contribution in [0.3, 0.4) is 0 Å². The summed E-state index contributed by atoms with van der Waals surface area (Å²) in [6.45, 7) is 13.9. The van der Waals surface area contributed by atoms with Crippen molar-refractivity contribution in [2.45, 2.75) is 84.8 Å². The van der Waals surface area contributed by atoms with Gasteiger partial charge in [-0.2, -0.15) is 0 Å². The molecule has 0 aliphatic carbocycles. The molecule has 0 radical (unpaired) electrons. The van der Waals surface area contributed by atoms with Gasteiger partial charge in [-0.25, -0.2) is 0 Å². The molecule has 0 spiro atoms. The molecule has 2 nitrogen and oxygen atoms in total. The van der Waals surface area contributed by atoms with Gasteiger partial charge in [-0.15, -0.1) is 0 Å². The van der Waals surface area contributed by atoms with Crippen molar-refractivity contribution in [3.05, 3.63) is 0 Å². The summed E-state index contributed by atoms with van der Waals surface area (Å²) in [5.41, 5.74) is 0.0850. The van der Waals surface area contributed by atoms with Crippen LogP contribution in [0.2, 0.25) is 0 Å². The van der Waals surface area contributed by atoms with Gasteiger partial charge in [-0.3, -0.25) is 0 Å². The van der Waals surface area contributed by atoms with Crippen LogP contribution in [-0.4, -0.2) is 40.1 Å². The molecule has 0 bridgehead atoms. The topological polar surface area (TPSA) is 12.5 Å². The quantitative estimate of drug-likeness (QED) is 0.536. The second-order valence-corrected chi connectivity index (χ2v) is 6.50. The molecular formula is C15H35NOSi. The first-order chi connectivity index (χ1) is 8.46. The summed E-state index contributed by atoms with van der Waals surface area (Å²) in [5, 5.41) is 0. The molecule has 0 rings (SSSR count). The summed E-state index contributed by atoms with van der Waals surface area (Å²) in [6, 6.07) is 0.694. The maximum atomic E-state index is 5.65. The summed E-state index contributed by atoms with van der Waals surface area (Å²) in [5.74, 6) is 0. The lowest BCUT2D eigenvalue weighted by molar-refractivity contribution is 0.0921. The minimum atomic E-state index is 0.0850. The standard InChI is InChI=1S/C15H35NOSi/c1-6-8-12-16(13-9-7-2)14(3)10-11-15(4,5)17-18/h14H,6-13H2,1-5,18H3. The van der Waals surface area contributed by atoms with Gasteiger partial charge in [0.15, 0.2) is 0 Å². The third kappa shape index (κ3) is 8.28. The molecule has 0 N–H and O–H groups in total. The molecule has 0 heterocycles. The average molecular weight is 274 g/mol. The van der Waals surface area contributed by atoms with E-state index in [1.165, 1.54) is 51.6 Å². The van der Waals surface area contributed by atoms with Crippen molar-refractivity contribution in [1.29, 1.82) is 0 Å². The van der Waals surface area contributed by atoms with Crippen molar-refractivity contribution in [2.24, 2.45) is 0 Å². The van der Waals surface area contributed by atoms with Crippen LogP contribution in [0.15, 0.2) is 0 Å². The van der Waals surface area contributed by atoms with Gasteiger partial charge in [0, 0.05) is 11.6 Å². The van der Waals surface area contributed by atoms with E-state index < -0.39 is 0 Å². The van der Waals surface area contributed by atoms with Gasteiger partial charge in [-0.1, -0.05) is 26.7 Å². The van der Waals surface area contributed by atoms with Crippen LogP contribution in [0.5, 0.6) is 0 Å². The second-order valence-electron chi connectivity index (χ2n) is 6.09. The van der Waals surface area contributed by atoms with Crippen LogP contribution in [0.25, 0.3) is 0 Å². The summed E-state index contributed by atoms with van der Waals surface area (Å²) in [6.07, 6.45) is 7.67. The minimum Gasteiger partial charge on any atom is -0.423 e. The van der Waals surface area contributed by atoms with Crippen LogP contribution in [0.1, 0.15) is 73.1 Å². The van der Waals surface area contributed by atoms with E-state index in [4.69, 9.17) is 4.43 Å². The third-order valence-corrected chi connectivity index (χ3v) is 5.04. The first-order valence-electron chi connectivity index (χ1n) is 7.76. The van der Waals surface area contributed by atoms with E-state index in [0.29, 0.717) is 6.04 Å². The zero-order valence-electron chi connectivity index (χ0n) is 13.6. The summed E-state index contributed by atoms with van der Waals surface area (Å²) in [7, 11) is 0.844. The van der Waals surface area contributed by atoms with Crippen molar-refractivity contribution < 1.29 is 4.43 Å². The summed E-state index contributed by atoms with van der Waals surface area (Å²) >= 11 is 0. The molecule has 0 aromatic rings. The van der Waals surface area contributed by atoms with Crippen LogP contribution in [0, 0.1) is 0 Å². The van der Waals surface area contributed by atoms with Gasteiger partial charge in [0.05, 0.1) is 0 Å². The Morgan fingerprint density at radius 2 is 1.61 bits per heavy atom. The molecule has 0 aromatic carbocycles. The number of rotatable bonds is 11.